The topological polar surface area (TPSA) is 0 Å². The highest BCUT2D eigenvalue weighted by Gasteiger charge is 2.08. The first-order chi connectivity index (χ1) is 18.1. The maximum Gasteiger partial charge on any atom is -0.0443 e. The van der Waals surface area contributed by atoms with E-state index in [9.17, 15) is 0 Å². The molecule has 224 valence electrons. The summed E-state index contributed by atoms with van der Waals surface area (Å²) in [6.45, 7) is 12.1. The summed E-state index contributed by atoms with van der Waals surface area (Å²) in [4.78, 5) is 0. The molecule has 3 atom stereocenters. The van der Waals surface area contributed by atoms with Gasteiger partial charge < -0.3 is 0 Å². The van der Waals surface area contributed by atoms with Crippen LogP contribution < -0.4 is 0 Å². The average Bonchev–Trinajstić information content (AvgIpc) is 2.88. The number of unbranched alkanes of at least 4 members (excludes halogenated alkanes) is 19. The van der Waals surface area contributed by atoms with E-state index in [1.54, 1.807) is 0 Å². The third-order valence-electron chi connectivity index (χ3n) is 9.14. The molecular weight excluding hydrogens is 444 g/mol. The van der Waals surface area contributed by atoms with Crippen LogP contribution in [0.3, 0.4) is 0 Å². The van der Waals surface area contributed by atoms with Gasteiger partial charge >= 0.3 is 0 Å². The third kappa shape index (κ3) is 30.4. The first-order valence-electron chi connectivity index (χ1n) is 18.1. The van der Waals surface area contributed by atoms with Crippen molar-refractivity contribution in [1.82, 2.24) is 0 Å². The Morgan fingerprint density at radius 2 is 0.432 bits per heavy atom. The average molecular weight is 521 g/mol. The molecule has 0 nitrogen and oxygen atoms in total. The summed E-state index contributed by atoms with van der Waals surface area (Å²) in [7, 11) is 0. The van der Waals surface area contributed by atoms with E-state index in [1.807, 2.05) is 0 Å². The molecule has 0 radical (unpaired) electrons. The summed E-state index contributed by atoms with van der Waals surface area (Å²) in [5.74, 6) is 2.85. The van der Waals surface area contributed by atoms with E-state index in [-0.39, 0.29) is 0 Å². The lowest BCUT2D eigenvalue weighted by molar-refractivity contribution is 0.373. The number of hydrogen-bond donors (Lipinski definition) is 0. The lowest BCUT2D eigenvalue weighted by Gasteiger charge is -2.16. The smallest absolute Gasteiger partial charge is 0.0443 e. The predicted octanol–water partition coefficient (Wildman–Crippen LogP) is 14.2. The predicted molar refractivity (Wildman–Crippen MR) is 173 cm³/mol. The molecule has 0 aromatic heterocycles. The standard InChI is InChI=1S/C37H76/c1-6-8-10-12-14-15-16-17-18-19-20-21-22-24-26-30-36(4)32-28-34-37(5)33-27-31-35(3)29-25-23-13-11-9-7-2/h35-37H,6-34H2,1-5H3. The summed E-state index contributed by atoms with van der Waals surface area (Å²) >= 11 is 0. The van der Waals surface area contributed by atoms with Crippen molar-refractivity contribution in [3.63, 3.8) is 0 Å². The minimum atomic E-state index is 0.944. The van der Waals surface area contributed by atoms with E-state index in [4.69, 9.17) is 0 Å². The molecule has 0 aromatic rings. The lowest BCUT2D eigenvalue weighted by Crippen LogP contribution is -2.01. The quantitative estimate of drug-likeness (QED) is 0.0797. The largest absolute Gasteiger partial charge is 0.0654 e. The van der Waals surface area contributed by atoms with Gasteiger partial charge in [-0.25, -0.2) is 0 Å². The second kappa shape index (κ2) is 30.5. The van der Waals surface area contributed by atoms with E-state index in [2.05, 4.69) is 34.6 Å². The molecule has 0 aliphatic rings. The van der Waals surface area contributed by atoms with Crippen LogP contribution in [0, 0.1) is 17.8 Å². The highest BCUT2D eigenvalue weighted by molar-refractivity contribution is 4.61. The molecule has 0 N–H and O–H groups in total. The van der Waals surface area contributed by atoms with Crippen LogP contribution in [0.4, 0.5) is 0 Å². The molecule has 0 rings (SSSR count). The van der Waals surface area contributed by atoms with Gasteiger partial charge in [0.25, 0.3) is 0 Å². The van der Waals surface area contributed by atoms with Gasteiger partial charge in [-0.1, -0.05) is 221 Å². The zero-order valence-electron chi connectivity index (χ0n) is 27.2. The minimum absolute atomic E-state index is 0.944. The summed E-state index contributed by atoms with van der Waals surface area (Å²) in [6.07, 6.45) is 42.5. The second-order valence-corrected chi connectivity index (χ2v) is 13.5. The van der Waals surface area contributed by atoms with Gasteiger partial charge in [0.2, 0.25) is 0 Å². The Labute approximate surface area is 238 Å². The molecule has 0 amide bonds. The Bertz CT molecular complexity index is 399. The van der Waals surface area contributed by atoms with Crippen LogP contribution in [0.1, 0.15) is 221 Å². The zero-order valence-corrected chi connectivity index (χ0v) is 27.2. The van der Waals surface area contributed by atoms with Crippen LogP contribution in [0.25, 0.3) is 0 Å². The van der Waals surface area contributed by atoms with E-state index in [0.29, 0.717) is 0 Å². The molecule has 0 aromatic carbocycles. The monoisotopic (exact) mass is 521 g/mol. The Morgan fingerprint density at radius 3 is 0.676 bits per heavy atom. The van der Waals surface area contributed by atoms with Crippen LogP contribution in [-0.4, -0.2) is 0 Å². The van der Waals surface area contributed by atoms with Crippen LogP contribution in [0.15, 0.2) is 0 Å². The molecule has 3 unspecified atom stereocenters. The molecule has 0 bridgehead atoms. The lowest BCUT2D eigenvalue weighted by atomic mass is 9.90. The van der Waals surface area contributed by atoms with Gasteiger partial charge in [0.05, 0.1) is 0 Å². The molecule has 0 heteroatoms. The van der Waals surface area contributed by atoms with E-state index in [0.717, 1.165) is 17.8 Å². The Hall–Kier alpha value is 0. The van der Waals surface area contributed by atoms with Gasteiger partial charge in [-0.15, -0.1) is 0 Å². The van der Waals surface area contributed by atoms with Gasteiger partial charge in [-0.2, -0.15) is 0 Å². The summed E-state index contributed by atoms with van der Waals surface area (Å²) in [5.41, 5.74) is 0. The summed E-state index contributed by atoms with van der Waals surface area (Å²) in [6, 6.07) is 0. The molecular formula is C37H76. The van der Waals surface area contributed by atoms with Crippen molar-refractivity contribution in [2.75, 3.05) is 0 Å². The molecule has 0 fully saturated rings. The highest BCUT2D eigenvalue weighted by Crippen LogP contribution is 2.23. The Morgan fingerprint density at radius 1 is 0.243 bits per heavy atom. The van der Waals surface area contributed by atoms with Crippen molar-refractivity contribution in [3.8, 4) is 0 Å². The van der Waals surface area contributed by atoms with Gasteiger partial charge in [0.1, 0.15) is 0 Å². The van der Waals surface area contributed by atoms with E-state index >= 15 is 0 Å². The minimum Gasteiger partial charge on any atom is -0.0654 e. The normalized spacial score (nSPS) is 14.2. The van der Waals surface area contributed by atoms with Gasteiger partial charge in [-0.05, 0) is 17.8 Å². The van der Waals surface area contributed by atoms with Crippen molar-refractivity contribution >= 4 is 0 Å². The maximum atomic E-state index is 2.51. The van der Waals surface area contributed by atoms with Crippen LogP contribution in [0.5, 0.6) is 0 Å². The fraction of sp³-hybridized carbons (Fsp3) is 1.00. The maximum absolute atomic E-state index is 2.51. The fourth-order valence-electron chi connectivity index (χ4n) is 6.20. The third-order valence-corrected chi connectivity index (χ3v) is 9.14. The summed E-state index contributed by atoms with van der Waals surface area (Å²) in [5, 5.41) is 0. The first-order valence-corrected chi connectivity index (χ1v) is 18.1. The van der Waals surface area contributed by atoms with E-state index < -0.39 is 0 Å². The van der Waals surface area contributed by atoms with Crippen molar-refractivity contribution < 1.29 is 0 Å². The zero-order chi connectivity index (χ0) is 27.2. The molecule has 0 saturated carbocycles. The first kappa shape index (κ1) is 37.0. The SMILES string of the molecule is CCCCCCCCCCCCCCCCCC(C)CCCC(C)CCCC(C)CCCCCCCC. The number of hydrogen-bond acceptors (Lipinski definition) is 0. The van der Waals surface area contributed by atoms with Crippen molar-refractivity contribution in [3.05, 3.63) is 0 Å². The summed E-state index contributed by atoms with van der Waals surface area (Å²) < 4.78 is 0. The van der Waals surface area contributed by atoms with Gasteiger partial charge in [0, 0.05) is 0 Å². The van der Waals surface area contributed by atoms with Crippen molar-refractivity contribution in [1.29, 1.82) is 0 Å². The van der Waals surface area contributed by atoms with Crippen LogP contribution in [0.2, 0.25) is 0 Å². The molecule has 37 heavy (non-hydrogen) atoms. The van der Waals surface area contributed by atoms with Gasteiger partial charge in [0.15, 0.2) is 0 Å². The number of rotatable bonds is 31. The Kier molecular flexibility index (Phi) is 30.5. The molecule has 0 heterocycles. The fourth-order valence-corrected chi connectivity index (χ4v) is 6.20. The van der Waals surface area contributed by atoms with E-state index in [1.165, 1.54) is 186 Å². The second-order valence-electron chi connectivity index (χ2n) is 13.5. The Balaban J connectivity index is 3.35. The van der Waals surface area contributed by atoms with Crippen LogP contribution in [-0.2, 0) is 0 Å². The molecule has 0 aliphatic heterocycles. The van der Waals surface area contributed by atoms with Crippen LogP contribution >= 0.6 is 0 Å². The molecule has 0 saturated heterocycles. The molecule has 0 aliphatic carbocycles. The van der Waals surface area contributed by atoms with Gasteiger partial charge in [-0.3, -0.25) is 0 Å². The highest BCUT2D eigenvalue weighted by atomic mass is 14.1. The van der Waals surface area contributed by atoms with Crippen molar-refractivity contribution in [2.45, 2.75) is 221 Å². The molecule has 0 spiro atoms. The van der Waals surface area contributed by atoms with Crippen molar-refractivity contribution in [2.24, 2.45) is 17.8 Å².